The van der Waals surface area contributed by atoms with E-state index in [1.165, 1.54) is 19.3 Å². The minimum absolute atomic E-state index is 0.0464. The fraction of sp³-hybridized carbons (Fsp3) is 0.625. The molecule has 1 aliphatic carbocycles. The Morgan fingerprint density at radius 2 is 2.19 bits per heavy atom. The molecule has 1 amide bonds. The first-order chi connectivity index (χ1) is 10.0. The third-order valence-corrected chi connectivity index (χ3v) is 4.41. The number of nitrogens with one attached hydrogen (secondary N) is 2. The third kappa shape index (κ3) is 3.94. The van der Waals surface area contributed by atoms with E-state index in [4.69, 9.17) is 5.84 Å². The molecule has 0 aromatic carbocycles. The lowest BCUT2D eigenvalue weighted by molar-refractivity contribution is 0.0944. The maximum Gasteiger partial charge on any atom is 0.251 e. The van der Waals surface area contributed by atoms with E-state index in [0.717, 1.165) is 12.2 Å². The molecule has 2 unspecified atom stereocenters. The van der Waals surface area contributed by atoms with Gasteiger partial charge in [0.25, 0.3) is 5.91 Å². The highest BCUT2D eigenvalue weighted by Crippen LogP contribution is 2.30. The van der Waals surface area contributed by atoms with Gasteiger partial charge in [0.1, 0.15) is 5.82 Å². The molecule has 1 aliphatic rings. The van der Waals surface area contributed by atoms with E-state index in [1.807, 2.05) is 19.9 Å². The summed E-state index contributed by atoms with van der Waals surface area (Å²) in [5.74, 6) is 7.48. The van der Waals surface area contributed by atoms with E-state index in [0.29, 0.717) is 23.2 Å². The third-order valence-electron chi connectivity index (χ3n) is 4.41. The van der Waals surface area contributed by atoms with E-state index in [-0.39, 0.29) is 11.8 Å². The summed E-state index contributed by atoms with van der Waals surface area (Å²) < 4.78 is 0. The molecule has 1 aromatic heterocycles. The first kappa shape index (κ1) is 15.8. The van der Waals surface area contributed by atoms with Crippen molar-refractivity contribution < 1.29 is 4.79 Å². The number of nitrogens with zero attached hydrogens (tertiary/aromatic N) is 1. The molecule has 5 nitrogen and oxygen atoms in total. The zero-order chi connectivity index (χ0) is 15.4. The molecule has 1 saturated carbocycles. The van der Waals surface area contributed by atoms with E-state index >= 15 is 0 Å². The van der Waals surface area contributed by atoms with Crippen molar-refractivity contribution in [2.75, 3.05) is 12.0 Å². The second kappa shape index (κ2) is 6.89. The van der Waals surface area contributed by atoms with Gasteiger partial charge in [-0.25, -0.2) is 10.8 Å². The van der Waals surface area contributed by atoms with Gasteiger partial charge in [0.15, 0.2) is 0 Å². The van der Waals surface area contributed by atoms with Gasteiger partial charge >= 0.3 is 0 Å². The molecule has 2 atom stereocenters. The highest BCUT2D eigenvalue weighted by atomic mass is 16.1. The molecule has 116 valence electrons. The van der Waals surface area contributed by atoms with E-state index in [9.17, 15) is 4.79 Å². The number of pyridine rings is 1. The van der Waals surface area contributed by atoms with Crippen molar-refractivity contribution in [3.8, 4) is 0 Å². The molecule has 2 rings (SSSR count). The number of rotatable bonds is 5. The van der Waals surface area contributed by atoms with Gasteiger partial charge in [-0.2, -0.15) is 0 Å². The molecule has 1 heterocycles. The number of hydrazine groups is 1. The monoisotopic (exact) mass is 290 g/mol. The molecule has 0 aliphatic heterocycles. The maximum atomic E-state index is 12.3. The summed E-state index contributed by atoms with van der Waals surface area (Å²) in [5.41, 5.74) is 4.01. The van der Waals surface area contributed by atoms with Gasteiger partial charge in [0.2, 0.25) is 0 Å². The van der Waals surface area contributed by atoms with Gasteiger partial charge in [-0.05, 0) is 36.3 Å². The molecule has 0 spiro atoms. The normalized spacial score (nSPS) is 21.6. The van der Waals surface area contributed by atoms with Crippen molar-refractivity contribution in [2.45, 2.75) is 46.0 Å². The Hall–Kier alpha value is -1.62. The second-order valence-corrected chi connectivity index (χ2v) is 6.34. The van der Waals surface area contributed by atoms with Crippen LogP contribution >= 0.6 is 0 Å². The number of anilines is 1. The maximum absolute atomic E-state index is 12.3. The van der Waals surface area contributed by atoms with Crippen LogP contribution in [0.1, 0.15) is 62.0 Å². The van der Waals surface area contributed by atoms with Crippen molar-refractivity contribution in [1.29, 1.82) is 0 Å². The average Bonchev–Trinajstić information content (AvgIpc) is 2.89. The summed E-state index contributed by atoms with van der Waals surface area (Å²) in [6, 6.07) is 3.54. The van der Waals surface area contributed by atoms with Crippen LogP contribution in [-0.2, 0) is 0 Å². The van der Waals surface area contributed by atoms with E-state index < -0.39 is 0 Å². The molecule has 5 heteroatoms. The lowest BCUT2D eigenvalue weighted by Gasteiger charge is -2.16. The number of nitrogen functional groups attached to an aromatic ring is 1. The SMILES string of the molecule is CC(C)c1cc(C(=O)NCC2CCCC2C)cc(NN)n1. The number of hydrogen-bond donors (Lipinski definition) is 3. The number of amides is 1. The van der Waals surface area contributed by atoms with Crippen LogP contribution in [-0.4, -0.2) is 17.4 Å². The van der Waals surface area contributed by atoms with Crippen LogP contribution in [0.4, 0.5) is 5.82 Å². The largest absolute Gasteiger partial charge is 0.352 e. The van der Waals surface area contributed by atoms with Crippen LogP contribution in [0.2, 0.25) is 0 Å². The van der Waals surface area contributed by atoms with Crippen LogP contribution in [0.25, 0.3) is 0 Å². The average molecular weight is 290 g/mol. The zero-order valence-corrected chi connectivity index (χ0v) is 13.1. The number of nitrogens with two attached hydrogens (primary N) is 1. The van der Waals surface area contributed by atoms with Crippen LogP contribution in [0, 0.1) is 11.8 Å². The first-order valence-corrected chi connectivity index (χ1v) is 7.78. The summed E-state index contributed by atoms with van der Waals surface area (Å²) in [5, 5.41) is 3.05. The van der Waals surface area contributed by atoms with Gasteiger partial charge in [-0.15, -0.1) is 0 Å². The fourth-order valence-electron chi connectivity index (χ4n) is 2.90. The Bertz CT molecular complexity index is 501. The van der Waals surface area contributed by atoms with E-state index in [1.54, 1.807) is 6.07 Å². The van der Waals surface area contributed by atoms with Crippen molar-refractivity contribution in [3.05, 3.63) is 23.4 Å². The molecule has 21 heavy (non-hydrogen) atoms. The molecule has 0 saturated heterocycles. The molecule has 0 bridgehead atoms. The zero-order valence-electron chi connectivity index (χ0n) is 13.1. The Kier molecular flexibility index (Phi) is 5.17. The van der Waals surface area contributed by atoms with Crippen molar-refractivity contribution >= 4 is 11.7 Å². The van der Waals surface area contributed by atoms with Crippen LogP contribution < -0.4 is 16.6 Å². The van der Waals surface area contributed by atoms with Gasteiger partial charge in [0.05, 0.1) is 0 Å². The Labute approximate surface area is 126 Å². The van der Waals surface area contributed by atoms with Crippen LogP contribution in [0.3, 0.4) is 0 Å². The first-order valence-electron chi connectivity index (χ1n) is 7.78. The Morgan fingerprint density at radius 3 is 2.76 bits per heavy atom. The molecule has 0 radical (unpaired) electrons. The standard InChI is InChI=1S/C16H26N4O/c1-10(2)14-7-13(8-15(19-14)20-17)16(21)18-9-12-6-4-5-11(12)3/h7-8,10-12H,4-6,9,17H2,1-3H3,(H,18,21)(H,19,20). The summed E-state index contributed by atoms with van der Waals surface area (Å²) in [4.78, 5) is 16.7. The number of carbonyl (C=O) groups is 1. The Morgan fingerprint density at radius 1 is 1.43 bits per heavy atom. The molecular weight excluding hydrogens is 264 g/mol. The van der Waals surface area contributed by atoms with Crippen molar-refractivity contribution in [1.82, 2.24) is 10.3 Å². The van der Waals surface area contributed by atoms with Crippen molar-refractivity contribution in [2.24, 2.45) is 17.7 Å². The molecule has 1 aromatic rings. The van der Waals surface area contributed by atoms with Crippen LogP contribution in [0.15, 0.2) is 12.1 Å². The number of hydrogen-bond acceptors (Lipinski definition) is 4. The number of aromatic nitrogens is 1. The molecule has 4 N–H and O–H groups in total. The predicted octanol–water partition coefficient (Wildman–Crippen LogP) is 2.66. The van der Waals surface area contributed by atoms with E-state index in [2.05, 4.69) is 22.7 Å². The fourth-order valence-corrected chi connectivity index (χ4v) is 2.90. The lowest BCUT2D eigenvalue weighted by Crippen LogP contribution is -2.30. The second-order valence-electron chi connectivity index (χ2n) is 6.34. The quantitative estimate of drug-likeness (QED) is 0.575. The van der Waals surface area contributed by atoms with Crippen LogP contribution in [0.5, 0.6) is 0 Å². The van der Waals surface area contributed by atoms with Crippen molar-refractivity contribution in [3.63, 3.8) is 0 Å². The molecular formula is C16H26N4O. The van der Waals surface area contributed by atoms with Gasteiger partial charge in [0, 0.05) is 17.8 Å². The lowest BCUT2D eigenvalue weighted by atomic mass is 9.98. The smallest absolute Gasteiger partial charge is 0.251 e. The number of carbonyl (C=O) groups excluding carboxylic acids is 1. The highest BCUT2D eigenvalue weighted by molar-refractivity contribution is 5.95. The topological polar surface area (TPSA) is 80.0 Å². The van der Waals surface area contributed by atoms with Gasteiger partial charge < -0.3 is 10.7 Å². The molecule has 1 fully saturated rings. The highest BCUT2D eigenvalue weighted by Gasteiger charge is 2.23. The van der Waals surface area contributed by atoms with Gasteiger partial charge in [-0.1, -0.05) is 33.6 Å². The summed E-state index contributed by atoms with van der Waals surface area (Å²) in [7, 11) is 0. The summed E-state index contributed by atoms with van der Waals surface area (Å²) >= 11 is 0. The minimum Gasteiger partial charge on any atom is -0.352 e. The predicted molar refractivity (Wildman–Crippen MR) is 85.0 cm³/mol. The minimum atomic E-state index is -0.0464. The summed E-state index contributed by atoms with van der Waals surface area (Å²) in [6.45, 7) is 7.11. The Balaban J connectivity index is 2.05. The summed E-state index contributed by atoms with van der Waals surface area (Å²) in [6.07, 6.45) is 3.76. The van der Waals surface area contributed by atoms with Gasteiger partial charge in [-0.3, -0.25) is 4.79 Å².